The Kier molecular flexibility index (Phi) is 5.35. The maximum atomic E-state index is 8.59. The van der Waals surface area contributed by atoms with Crippen molar-refractivity contribution in [3.8, 4) is 5.75 Å². The Morgan fingerprint density at radius 3 is 2.62 bits per heavy atom. The number of nitrogens with zero attached hydrogens (tertiary/aromatic N) is 4. The quantitative estimate of drug-likeness (QED) is 0.350. The summed E-state index contributed by atoms with van der Waals surface area (Å²) in [6.07, 6.45) is 0. The van der Waals surface area contributed by atoms with Gasteiger partial charge >= 0.3 is 0 Å². The van der Waals surface area contributed by atoms with Gasteiger partial charge in [0.2, 0.25) is 0 Å². The summed E-state index contributed by atoms with van der Waals surface area (Å²) in [5.41, 5.74) is 7.52. The number of nitrogens with two attached hydrogens (primary N) is 1. The number of oxime groups is 1. The number of ether oxygens (including phenoxy) is 1. The molecule has 0 saturated carbocycles. The molecule has 1 saturated heterocycles. The fraction of sp³-hybridized carbons (Fsp3) is 0.571. The first-order valence-corrected chi connectivity index (χ1v) is 7.03. The van der Waals surface area contributed by atoms with Crippen molar-refractivity contribution < 1.29 is 9.94 Å². The average molecular weight is 293 g/mol. The Hall–Kier alpha value is -1.86. The first-order valence-electron chi connectivity index (χ1n) is 7.03. The summed E-state index contributed by atoms with van der Waals surface area (Å²) < 4.78 is 5.28. The van der Waals surface area contributed by atoms with Crippen LogP contribution >= 0.6 is 0 Å². The van der Waals surface area contributed by atoms with Gasteiger partial charge in [0.25, 0.3) is 0 Å². The van der Waals surface area contributed by atoms with Crippen LogP contribution in [-0.2, 0) is 6.54 Å². The summed E-state index contributed by atoms with van der Waals surface area (Å²) in [5.74, 6) is 1.11. The summed E-state index contributed by atoms with van der Waals surface area (Å²) >= 11 is 0. The lowest BCUT2D eigenvalue weighted by atomic mass is 10.2. The van der Waals surface area contributed by atoms with Crippen LogP contribution in [0.25, 0.3) is 0 Å². The first-order chi connectivity index (χ1) is 10.1. The normalized spacial score (nSPS) is 17.9. The maximum absolute atomic E-state index is 8.59. The van der Waals surface area contributed by atoms with Crippen LogP contribution in [0.2, 0.25) is 0 Å². The molecule has 21 heavy (non-hydrogen) atoms. The monoisotopic (exact) mass is 293 g/mol. The second kappa shape index (κ2) is 7.24. The number of rotatable bonds is 5. The lowest BCUT2D eigenvalue weighted by molar-refractivity contribution is 0.137. The van der Waals surface area contributed by atoms with Gasteiger partial charge in [-0.3, -0.25) is 14.8 Å². The van der Waals surface area contributed by atoms with E-state index in [2.05, 4.69) is 19.9 Å². The summed E-state index contributed by atoms with van der Waals surface area (Å²) in [7, 11) is 1.67. The molecule has 1 fully saturated rings. The third kappa shape index (κ3) is 4.57. The largest absolute Gasteiger partial charge is 0.497 e. The molecule has 2 rings (SSSR count). The minimum atomic E-state index is 0.258. The summed E-state index contributed by atoms with van der Waals surface area (Å²) in [5, 5.41) is 11.6. The van der Waals surface area contributed by atoms with Crippen molar-refractivity contribution in [3.63, 3.8) is 0 Å². The smallest absolute Gasteiger partial charge is 0.153 e. The van der Waals surface area contributed by atoms with Crippen LogP contribution in [0.4, 0.5) is 0 Å². The van der Waals surface area contributed by atoms with Gasteiger partial charge in [-0.05, 0) is 6.92 Å². The SMILES string of the molecule is COc1cc(C)nc(CN2CCN(C/C(N)=N/O)CC2)c1. The third-order valence-corrected chi connectivity index (χ3v) is 3.58. The Morgan fingerprint density at radius 1 is 1.33 bits per heavy atom. The van der Waals surface area contributed by atoms with E-state index in [9.17, 15) is 0 Å². The zero-order chi connectivity index (χ0) is 15.2. The molecule has 7 heteroatoms. The Bertz CT molecular complexity index is 498. The molecule has 1 aromatic heterocycles. The second-order valence-corrected chi connectivity index (χ2v) is 5.28. The highest BCUT2D eigenvalue weighted by Gasteiger charge is 2.18. The highest BCUT2D eigenvalue weighted by atomic mass is 16.5. The molecule has 0 aromatic carbocycles. The van der Waals surface area contributed by atoms with Crippen molar-refractivity contribution in [2.24, 2.45) is 10.9 Å². The topological polar surface area (TPSA) is 87.2 Å². The zero-order valence-corrected chi connectivity index (χ0v) is 12.6. The van der Waals surface area contributed by atoms with Crippen LogP contribution in [0, 0.1) is 6.92 Å². The summed E-state index contributed by atoms with van der Waals surface area (Å²) in [6, 6.07) is 3.91. The predicted octanol–water partition coefficient (Wildman–Crippen LogP) is 0.263. The molecule has 0 bridgehead atoms. The number of methoxy groups -OCH3 is 1. The molecule has 0 atom stereocenters. The number of piperazine rings is 1. The van der Waals surface area contributed by atoms with Crippen molar-refractivity contribution in [1.29, 1.82) is 0 Å². The molecule has 1 aliphatic heterocycles. The fourth-order valence-corrected chi connectivity index (χ4v) is 2.50. The van der Waals surface area contributed by atoms with Crippen LogP contribution < -0.4 is 10.5 Å². The van der Waals surface area contributed by atoms with Gasteiger partial charge in [0.15, 0.2) is 5.84 Å². The summed E-state index contributed by atoms with van der Waals surface area (Å²) in [6.45, 7) is 6.99. The molecule has 3 N–H and O–H groups in total. The molecule has 1 aromatic rings. The molecule has 0 amide bonds. The van der Waals surface area contributed by atoms with E-state index >= 15 is 0 Å². The minimum absolute atomic E-state index is 0.258. The highest BCUT2D eigenvalue weighted by Crippen LogP contribution is 2.15. The number of amidine groups is 1. The van der Waals surface area contributed by atoms with E-state index in [1.54, 1.807) is 7.11 Å². The van der Waals surface area contributed by atoms with Gasteiger partial charge in [0.05, 0.1) is 19.3 Å². The molecule has 0 unspecified atom stereocenters. The lowest BCUT2D eigenvalue weighted by Crippen LogP contribution is -2.48. The molecule has 1 aliphatic rings. The number of pyridine rings is 1. The van der Waals surface area contributed by atoms with E-state index in [0.717, 1.165) is 49.9 Å². The van der Waals surface area contributed by atoms with Crippen LogP contribution in [-0.4, -0.2) is 65.7 Å². The van der Waals surface area contributed by atoms with Crippen molar-refractivity contribution in [3.05, 3.63) is 23.5 Å². The van der Waals surface area contributed by atoms with Gasteiger partial charge in [0.1, 0.15) is 5.75 Å². The maximum Gasteiger partial charge on any atom is 0.153 e. The van der Waals surface area contributed by atoms with Gasteiger partial charge in [0, 0.05) is 50.6 Å². The van der Waals surface area contributed by atoms with E-state index in [0.29, 0.717) is 6.54 Å². The first kappa shape index (κ1) is 15.5. The molecule has 0 radical (unpaired) electrons. The van der Waals surface area contributed by atoms with Crippen molar-refractivity contribution in [2.75, 3.05) is 39.8 Å². The number of aromatic nitrogens is 1. The van der Waals surface area contributed by atoms with Crippen LogP contribution in [0.3, 0.4) is 0 Å². The summed E-state index contributed by atoms with van der Waals surface area (Å²) in [4.78, 5) is 9.08. The average Bonchev–Trinajstić information content (AvgIpc) is 2.48. The molecule has 0 spiro atoms. The molecule has 2 heterocycles. The second-order valence-electron chi connectivity index (χ2n) is 5.28. The van der Waals surface area contributed by atoms with E-state index in [4.69, 9.17) is 15.7 Å². The van der Waals surface area contributed by atoms with Crippen molar-refractivity contribution in [1.82, 2.24) is 14.8 Å². The zero-order valence-electron chi connectivity index (χ0n) is 12.6. The molecule has 7 nitrogen and oxygen atoms in total. The number of hydrogen-bond acceptors (Lipinski definition) is 6. The predicted molar refractivity (Wildman–Crippen MR) is 80.7 cm³/mol. The van der Waals surface area contributed by atoms with E-state index in [1.807, 2.05) is 19.1 Å². The Morgan fingerprint density at radius 2 is 2.00 bits per heavy atom. The van der Waals surface area contributed by atoms with E-state index in [1.165, 1.54) is 0 Å². The van der Waals surface area contributed by atoms with Gasteiger partial charge in [-0.25, -0.2) is 0 Å². The molecule has 116 valence electrons. The van der Waals surface area contributed by atoms with E-state index < -0.39 is 0 Å². The van der Waals surface area contributed by atoms with Crippen LogP contribution in [0.5, 0.6) is 5.75 Å². The number of aryl methyl sites for hydroxylation is 1. The van der Waals surface area contributed by atoms with Gasteiger partial charge in [-0.1, -0.05) is 5.16 Å². The van der Waals surface area contributed by atoms with Crippen molar-refractivity contribution in [2.45, 2.75) is 13.5 Å². The molecular formula is C14H23N5O2. The highest BCUT2D eigenvalue weighted by molar-refractivity contribution is 5.81. The standard InChI is InChI=1S/C14H23N5O2/c1-11-7-13(21-2)8-12(16-11)9-18-3-5-19(6-4-18)10-14(15)17-20/h7-8,20H,3-6,9-10H2,1-2H3,(H2,15,17). The lowest BCUT2D eigenvalue weighted by Gasteiger charge is -2.34. The fourth-order valence-electron chi connectivity index (χ4n) is 2.50. The molecule has 0 aliphatic carbocycles. The molecular weight excluding hydrogens is 270 g/mol. The Labute approximate surface area is 125 Å². The van der Waals surface area contributed by atoms with Gasteiger partial charge < -0.3 is 15.7 Å². The van der Waals surface area contributed by atoms with Crippen LogP contribution in [0.15, 0.2) is 17.3 Å². The Balaban J connectivity index is 1.87. The number of hydrogen-bond donors (Lipinski definition) is 2. The third-order valence-electron chi connectivity index (χ3n) is 3.58. The van der Waals surface area contributed by atoms with Gasteiger partial charge in [-0.2, -0.15) is 0 Å². The van der Waals surface area contributed by atoms with Crippen LogP contribution in [0.1, 0.15) is 11.4 Å². The van der Waals surface area contributed by atoms with E-state index in [-0.39, 0.29) is 5.84 Å². The van der Waals surface area contributed by atoms with Crippen molar-refractivity contribution >= 4 is 5.84 Å². The minimum Gasteiger partial charge on any atom is -0.497 e. The van der Waals surface area contributed by atoms with Gasteiger partial charge in [-0.15, -0.1) is 0 Å².